The molecular formula is C11H18N4O3. The van der Waals surface area contributed by atoms with Gasteiger partial charge in [-0.2, -0.15) is 5.10 Å². The summed E-state index contributed by atoms with van der Waals surface area (Å²) in [4.78, 5) is 10.8. The van der Waals surface area contributed by atoms with Gasteiger partial charge in [-0.1, -0.05) is 13.8 Å². The van der Waals surface area contributed by atoms with E-state index in [0.29, 0.717) is 24.4 Å². The Morgan fingerprint density at radius 1 is 1.56 bits per heavy atom. The van der Waals surface area contributed by atoms with Crippen molar-refractivity contribution in [2.24, 2.45) is 7.05 Å². The van der Waals surface area contributed by atoms with Crippen molar-refractivity contribution in [2.75, 3.05) is 5.32 Å². The summed E-state index contributed by atoms with van der Waals surface area (Å²) in [6.45, 7) is 3.76. The Balaban J connectivity index is 2.30. The maximum absolute atomic E-state index is 11.2. The largest absolute Gasteiger partial charge is 0.393 e. The first kappa shape index (κ1) is 12.8. The van der Waals surface area contributed by atoms with E-state index in [1.165, 1.54) is 4.68 Å². The van der Waals surface area contributed by atoms with Gasteiger partial charge in [-0.15, -0.1) is 0 Å². The number of hydrogen-bond donors (Lipinski definition) is 2. The second kappa shape index (κ2) is 4.56. The predicted molar refractivity (Wildman–Crippen MR) is 66.6 cm³/mol. The van der Waals surface area contributed by atoms with Gasteiger partial charge in [0.2, 0.25) is 5.82 Å². The molecular weight excluding hydrogens is 236 g/mol. The summed E-state index contributed by atoms with van der Waals surface area (Å²) in [5, 5.41) is 27.7. The third-order valence-electron chi connectivity index (χ3n) is 3.23. The fourth-order valence-corrected chi connectivity index (χ4v) is 2.16. The number of aromatic nitrogens is 2. The fraction of sp³-hybridized carbons (Fsp3) is 0.727. The van der Waals surface area contributed by atoms with Crippen molar-refractivity contribution in [1.29, 1.82) is 0 Å². The monoisotopic (exact) mass is 254 g/mol. The van der Waals surface area contributed by atoms with Gasteiger partial charge in [-0.25, -0.2) is 4.68 Å². The van der Waals surface area contributed by atoms with Crippen molar-refractivity contribution in [3.05, 3.63) is 15.8 Å². The number of rotatable bonds is 4. The van der Waals surface area contributed by atoms with Gasteiger partial charge >= 0.3 is 5.69 Å². The first-order valence-electron chi connectivity index (χ1n) is 6.06. The molecule has 1 aromatic rings. The molecule has 1 saturated carbocycles. The van der Waals surface area contributed by atoms with Gasteiger partial charge < -0.3 is 10.4 Å². The van der Waals surface area contributed by atoms with Crippen LogP contribution in [0.5, 0.6) is 0 Å². The molecule has 1 aliphatic rings. The van der Waals surface area contributed by atoms with E-state index in [1.54, 1.807) is 7.05 Å². The average Bonchev–Trinajstić information content (AvgIpc) is 2.54. The third-order valence-corrected chi connectivity index (χ3v) is 3.23. The second-order valence-corrected chi connectivity index (χ2v) is 5.08. The quantitative estimate of drug-likeness (QED) is 0.625. The zero-order valence-corrected chi connectivity index (χ0v) is 10.8. The van der Waals surface area contributed by atoms with Crippen LogP contribution in [0.4, 0.5) is 11.5 Å². The van der Waals surface area contributed by atoms with Crippen molar-refractivity contribution in [2.45, 2.75) is 44.8 Å². The minimum Gasteiger partial charge on any atom is -0.393 e. The van der Waals surface area contributed by atoms with E-state index >= 15 is 0 Å². The van der Waals surface area contributed by atoms with E-state index in [1.807, 2.05) is 13.8 Å². The number of aryl methyl sites for hydroxylation is 1. The molecule has 1 heterocycles. The Hall–Kier alpha value is -1.63. The van der Waals surface area contributed by atoms with Crippen LogP contribution in [-0.4, -0.2) is 32.0 Å². The van der Waals surface area contributed by atoms with Crippen molar-refractivity contribution in [3.8, 4) is 0 Å². The van der Waals surface area contributed by atoms with Crippen LogP contribution in [0.15, 0.2) is 0 Å². The number of anilines is 1. The minimum absolute atomic E-state index is 0.000805. The second-order valence-electron chi connectivity index (χ2n) is 5.08. The predicted octanol–water partition coefficient (Wildman–Crippen LogP) is 1.39. The van der Waals surface area contributed by atoms with Crippen LogP contribution in [0.25, 0.3) is 0 Å². The fourth-order valence-electron chi connectivity index (χ4n) is 2.16. The summed E-state index contributed by atoms with van der Waals surface area (Å²) >= 11 is 0. The van der Waals surface area contributed by atoms with Gasteiger partial charge in [-0.3, -0.25) is 10.1 Å². The van der Waals surface area contributed by atoms with E-state index in [-0.39, 0.29) is 28.7 Å². The SMILES string of the molecule is CC(C)c1nn(C)c(NC2CC(O)C2)c1[N+](=O)[O-]. The zero-order chi connectivity index (χ0) is 13.4. The number of nitrogens with zero attached hydrogens (tertiary/aromatic N) is 3. The molecule has 0 bridgehead atoms. The summed E-state index contributed by atoms with van der Waals surface area (Å²) in [6, 6.07) is 0.0918. The van der Waals surface area contributed by atoms with Crippen LogP contribution >= 0.6 is 0 Å². The van der Waals surface area contributed by atoms with Crippen molar-refractivity contribution in [3.63, 3.8) is 0 Å². The molecule has 0 aromatic carbocycles. The lowest BCUT2D eigenvalue weighted by atomic mass is 9.89. The first-order chi connectivity index (χ1) is 8.40. The average molecular weight is 254 g/mol. The topological polar surface area (TPSA) is 93.2 Å². The van der Waals surface area contributed by atoms with Crippen LogP contribution in [0.1, 0.15) is 38.3 Å². The summed E-state index contributed by atoms with van der Waals surface area (Å²) < 4.78 is 1.51. The molecule has 0 amide bonds. The van der Waals surface area contributed by atoms with Crippen LogP contribution in [-0.2, 0) is 7.05 Å². The van der Waals surface area contributed by atoms with Gasteiger partial charge in [0.1, 0.15) is 5.69 Å². The van der Waals surface area contributed by atoms with E-state index in [2.05, 4.69) is 10.4 Å². The van der Waals surface area contributed by atoms with Gasteiger partial charge in [0.15, 0.2) is 0 Å². The molecule has 7 heteroatoms. The van der Waals surface area contributed by atoms with Gasteiger partial charge in [-0.05, 0) is 12.8 Å². The van der Waals surface area contributed by atoms with Crippen LogP contribution in [0.2, 0.25) is 0 Å². The summed E-state index contributed by atoms with van der Waals surface area (Å²) in [5.41, 5.74) is 0.541. The standard InChI is InChI=1S/C11H18N4O3/c1-6(2)9-10(15(17)18)11(14(3)13-9)12-7-4-8(16)5-7/h6-8,12,16H,4-5H2,1-3H3. The molecule has 0 radical (unpaired) electrons. The van der Waals surface area contributed by atoms with E-state index < -0.39 is 0 Å². The molecule has 0 unspecified atom stereocenters. The number of aliphatic hydroxyl groups excluding tert-OH is 1. The molecule has 2 N–H and O–H groups in total. The zero-order valence-electron chi connectivity index (χ0n) is 10.8. The summed E-state index contributed by atoms with van der Waals surface area (Å²) in [6.07, 6.45) is 0.956. The normalized spacial score (nSPS) is 22.9. The molecule has 2 rings (SSSR count). The van der Waals surface area contributed by atoms with Gasteiger partial charge in [0.05, 0.1) is 11.0 Å². The lowest BCUT2D eigenvalue weighted by Gasteiger charge is -2.32. The van der Waals surface area contributed by atoms with Crippen LogP contribution < -0.4 is 5.32 Å². The molecule has 100 valence electrons. The van der Waals surface area contributed by atoms with E-state index in [4.69, 9.17) is 0 Å². The smallest absolute Gasteiger partial charge is 0.334 e. The van der Waals surface area contributed by atoms with Crippen molar-refractivity contribution in [1.82, 2.24) is 9.78 Å². The maximum Gasteiger partial charge on any atom is 0.334 e. The Morgan fingerprint density at radius 2 is 2.17 bits per heavy atom. The maximum atomic E-state index is 11.2. The number of nitro groups is 1. The highest BCUT2D eigenvalue weighted by Gasteiger charge is 2.33. The van der Waals surface area contributed by atoms with Crippen LogP contribution in [0.3, 0.4) is 0 Å². The highest BCUT2D eigenvalue weighted by molar-refractivity contribution is 5.61. The molecule has 0 atom stereocenters. The Bertz CT molecular complexity index is 463. The lowest BCUT2D eigenvalue weighted by Crippen LogP contribution is -2.39. The van der Waals surface area contributed by atoms with Gasteiger partial charge in [0.25, 0.3) is 0 Å². The molecule has 18 heavy (non-hydrogen) atoms. The van der Waals surface area contributed by atoms with Crippen molar-refractivity contribution >= 4 is 11.5 Å². The molecule has 7 nitrogen and oxygen atoms in total. The van der Waals surface area contributed by atoms with E-state index in [0.717, 1.165) is 0 Å². The molecule has 1 fully saturated rings. The molecule has 0 aliphatic heterocycles. The van der Waals surface area contributed by atoms with E-state index in [9.17, 15) is 15.2 Å². The molecule has 1 aliphatic carbocycles. The van der Waals surface area contributed by atoms with Crippen molar-refractivity contribution < 1.29 is 10.0 Å². The number of hydrogen-bond acceptors (Lipinski definition) is 5. The number of aliphatic hydroxyl groups is 1. The summed E-state index contributed by atoms with van der Waals surface area (Å²) in [7, 11) is 1.69. The first-order valence-corrected chi connectivity index (χ1v) is 6.06. The highest BCUT2D eigenvalue weighted by Crippen LogP contribution is 2.35. The number of nitrogens with one attached hydrogen (secondary N) is 1. The Morgan fingerprint density at radius 3 is 2.61 bits per heavy atom. The Kier molecular flexibility index (Phi) is 3.25. The highest BCUT2D eigenvalue weighted by atomic mass is 16.6. The van der Waals surface area contributed by atoms with Crippen LogP contribution in [0, 0.1) is 10.1 Å². The molecule has 0 spiro atoms. The van der Waals surface area contributed by atoms with Gasteiger partial charge in [0, 0.05) is 19.0 Å². The third kappa shape index (κ3) is 2.17. The lowest BCUT2D eigenvalue weighted by molar-refractivity contribution is -0.384. The summed E-state index contributed by atoms with van der Waals surface area (Å²) in [5.74, 6) is 0.430. The molecule has 0 saturated heterocycles. The minimum atomic E-state index is -0.389. The molecule has 1 aromatic heterocycles. The Labute approximate surface area is 105 Å².